The highest BCUT2D eigenvalue weighted by atomic mass is 16.4. The molecular weight excluding hydrogens is 182 g/mol. The van der Waals surface area contributed by atoms with Crippen molar-refractivity contribution in [3.63, 3.8) is 0 Å². The van der Waals surface area contributed by atoms with Crippen LogP contribution in [0.4, 0.5) is 5.82 Å². The maximum atomic E-state index is 10.7. The zero-order chi connectivity index (χ0) is 10.6. The highest BCUT2D eigenvalue weighted by molar-refractivity contribution is 5.78. The summed E-state index contributed by atoms with van der Waals surface area (Å²) in [6.07, 6.45) is 3.30. The van der Waals surface area contributed by atoms with E-state index in [0.29, 0.717) is 5.82 Å². The number of carboxylic acid groups (broad SMARTS) is 1. The number of pyridine rings is 1. The highest BCUT2D eigenvalue weighted by Crippen LogP contribution is 2.11. The summed E-state index contributed by atoms with van der Waals surface area (Å²) in [6.45, 7) is 1.43. The van der Waals surface area contributed by atoms with Crippen LogP contribution in [0.2, 0.25) is 0 Å². The molecule has 0 aliphatic carbocycles. The minimum absolute atomic E-state index is 0.338. The fourth-order valence-corrected chi connectivity index (χ4v) is 0.943. The van der Waals surface area contributed by atoms with Gasteiger partial charge in [-0.1, -0.05) is 6.07 Å². The molecule has 0 spiro atoms. The smallest absolute Gasteiger partial charge is 0.327 e. The number of aromatic nitrogens is 1. The Morgan fingerprint density at radius 3 is 2.86 bits per heavy atom. The number of carbonyl (C=O) groups is 1. The van der Waals surface area contributed by atoms with Gasteiger partial charge in [0.25, 0.3) is 0 Å². The van der Waals surface area contributed by atoms with Gasteiger partial charge in [-0.15, -0.1) is 0 Å². The van der Waals surface area contributed by atoms with Gasteiger partial charge < -0.3 is 5.11 Å². The van der Waals surface area contributed by atoms with Crippen LogP contribution in [0.15, 0.2) is 24.4 Å². The Bertz CT molecular complexity index is 358. The van der Waals surface area contributed by atoms with Crippen LogP contribution in [-0.4, -0.2) is 22.1 Å². The minimum atomic E-state index is -1.06. The first kappa shape index (κ1) is 9.99. The Hall–Kier alpha value is -2.09. The van der Waals surface area contributed by atoms with Crippen LogP contribution in [0.25, 0.3) is 0 Å². The largest absolute Gasteiger partial charge is 0.480 e. The Morgan fingerprint density at radius 1 is 1.71 bits per heavy atom. The molecule has 1 rings (SSSR count). The standard InChI is InChI=1S/C9H9N3O2/c1-7(9(13)14)12(6-10)8-4-2-3-5-11-8/h2-5,7H,1H3,(H,13,14). The second kappa shape index (κ2) is 4.23. The van der Waals surface area contributed by atoms with Crippen LogP contribution in [-0.2, 0) is 4.79 Å². The third-order valence-electron chi connectivity index (χ3n) is 1.75. The van der Waals surface area contributed by atoms with Crippen molar-refractivity contribution in [2.75, 3.05) is 4.90 Å². The molecule has 1 unspecified atom stereocenters. The minimum Gasteiger partial charge on any atom is -0.480 e. The monoisotopic (exact) mass is 191 g/mol. The number of aliphatic carboxylic acids is 1. The van der Waals surface area contributed by atoms with Gasteiger partial charge in [-0.25, -0.2) is 14.7 Å². The van der Waals surface area contributed by atoms with E-state index in [1.165, 1.54) is 13.1 Å². The first-order chi connectivity index (χ1) is 6.66. The number of anilines is 1. The first-order valence-electron chi connectivity index (χ1n) is 3.99. The SMILES string of the molecule is CC(C(=O)O)N(C#N)c1ccccn1. The average molecular weight is 191 g/mol. The summed E-state index contributed by atoms with van der Waals surface area (Å²) >= 11 is 0. The lowest BCUT2D eigenvalue weighted by Crippen LogP contribution is -2.35. The molecule has 1 heterocycles. The lowest BCUT2D eigenvalue weighted by molar-refractivity contribution is -0.138. The summed E-state index contributed by atoms with van der Waals surface area (Å²) in [7, 11) is 0. The molecule has 0 fully saturated rings. The van der Waals surface area contributed by atoms with Crippen LogP contribution < -0.4 is 4.90 Å². The molecule has 5 heteroatoms. The third kappa shape index (κ3) is 1.98. The summed E-state index contributed by atoms with van der Waals surface area (Å²) < 4.78 is 0. The maximum Gasteiger partial charge on any atom is 0.327 e. The molecule has 1 atom stereocenters. The molecule has 72 valence electrons. The maximum absolute atomic E-state index is 10.7. The number of hydrogen-bond donors (Lipinski definition) is 1. The van der Waals surface area contributed by atoms with Crippen molar-refractivity contribution in [3.05, 3.63) is 24.4 Å². The second-order valence-electron chi connectivity index (χ2n) is 2.67. The quantitative estimate of drug-likeness (QED) is 0.566. The van der Waals surface area contributed by atoms with Gasteiger partial charge in [0.1, 0.15) is 11.9 Å². The molecule has 0 aliphatic rings. The zero-order valence-electron chi connectivity index (χ0n) is 7.58. The Morgan fingerprint density at radius 2 is 2.43 bits per heavy atom. The summed E-state index contributed by atoms with van der Waals surface area (Å²) in [5.74, 6) is -0.720. The van der Waals surface area contributed by atoms with Crippen molar-refractivity contribution in [2.24, 2.45) is 0 Å². The molecular formula is C9H9N3O2. The molecule has 0 saturated heterocycles. The van der Waals surface area contributed by atoms with Crippen LogP contribution >= 0.6 is 0 Å². The van der Waals surface area contributed by atoms with Crippen molar-refractivity contribution >= 4 is 11.8 Å². The van der Waals surface area contributed by atoms with Crippen molar-refractivity contribution in [2.45, 2.75) is 13.0 Å². The van der Waals surface area contributed by atoms with E-state index in [4.69, 9.17) is 10.4 Å². The molecule has 0 aliphatic heterocycles. The predicted molar refractivity (Wildman–Crippen MR) is 49.4 cm³/mol. The lowest BCUT2D eigenvalue weighted by atomic mass is 10.3. The Kier molecular flexibility index (Phi) is 3.02. The van der Waals surface area contributed by atoms with E-state index in [1.54, 1.807) is 24.4 Å². The molecule has 0 bridgehead atoms. The van der Waals surface area contributed by atoms with Crippen molar-refractivity contribution < 1.29 is 9.90 Å². The molecule has 1 N–H and O–H groups in total. The molecule has 1 aromatic heterocycles. The van der Waals surface area contributed by atoms with E-state index in [9.17, 15) is 4.79 Å². The molecule has 1 aromatic rings. The van der Waals surface area contributed by atoms with Crippen LogP contribution in [0.5, 0.6) is 0 Å². The molecule has 14 heavy (non-hydrogen) atoms. The van der Waals surface area contributed by atoms with E-state index in [1.807, 2.05) is 0 Å². The molecule has 0 aromatic carbocycles. The van der Waals surface area contributed by atoms with Gasteiger partial charge in [-0.05, 0) is 19.1 Å². The highest BCUT2D eigenvalue weighted by Gasteiger charge is 2.21. The van der Waals surface area contributed by atoms with Gasteiger partial charge in [0.05, 0.1) is 0 Å². The van der Waals surface area contributed by atoms with Gasteiger partial charge in [0, 0.05) is 6.20 Å². The molecule has 5 nitrogen and oxygen atoms in total. The van der Waals surface area contributed by atoms with Gasteiger partial charge >= 0.3 is 5.97 Å². The van der Waals surface area contributed by atoms with Crippen molar-refractivity contribution in [1.29, 1.82) is 5.26 Å². The molecule has 0 amide bonds. The van der Waals surface area contributed by atoms with E-state index in [2.05, 4.69) is 4.98 Å². The average Bonchev–Trinajstić information content (AvgIpc) is 2.20. The number of hydrogen-bond acceptors (Lipinski definition) is 4. The summed E-state index contributed by atoms with van der Waals surface area (Å²) in [5.41, 5.74) is 0. The van der Waals surface area contributed by atoms with Crippen LogP contribution in [0.1, 0.15) is 6.92 Å². The number of rotatable bonds is 3. The van der Waals surface area contributed by atoms with E-state index in [0.717, 1.165) is 4.90 Å². The van der Waals surface area contributed by atoms with Gasteiger partial charge in [0.2, 0.25) is 0 Å². The number of carboxylic acids is 1. The zero-order valence-corrected chi connectivity index (χ0v) is 7.58. The van der Waals surface area contributed by atoms with Gasteiger partial charge in [0.15, 0.2) is 6.19 Å². The predicted octanol–water partition coefficient (Wildman–Crippen LogP) is 0.842. The summed E-state index contributed by atoms with van der Waals surface area (Å²) in [4.78, 5) is 15.6. The molecule has 0 saturated carbocycles. The first-order valence-corrected chi connectivity index (χ1v) is 3.99. The van der Waals surface area contributed by atoms with Gasteiger partial charge in [-0.2, -0.15) is 5.26 Å². The fourth-order valence-electron chi connectivity index (χ4n) is 0.943. The van der Waals surface area contributed by atoms with E-state index < -0.39 is 12.0 Å². The normalized spacial score (nSPS) is 11.4. The van der Waals surface area contributed by atoms with Crippen LogP contribution in [0.3, 0.4) is 0 Å². The third-order valence-corrected chi connectivity index (χ3v) is 1.75. The number of nitriles is 1. The molecule has 0 radical (unpaired) electrons. The van der Waals surface area contributed by atoms with Crippen molar-refractivity contribution in [3.8, 4) is 6.19 Å². The number of nitrogens with zero attached hydrogens (tertiary/aromatic N) is 3. The van der Waals surface area contributed by atoms with Crippen LogP contribution in [0, 0.1) is 11.5 Å². The van der Waals surface area contributed by atoms with Crippen molar-refractivity contribution in [1.82, 2.24) is 4.98 Å². The second-order valence-corrected chi connectivity index (χ2v) is 2.67. The topological polar surface area (TPSA) is 77.2 Å². The lowest BCUT2D eigenvalue weighted by Gasteiger charge is -2.18. The summed E-state index contributed by atoms with van der Waals surface area (Å²) in [6, 6.07) is 4.07. The van der Waals surface area contributed by atoms with E-state index in [-0.39, 0.29) is 0 Å². The summed E-state index contributed by atoms with van der Waals surface area (Å²) in [5, 5.41) is 17.5. The Balaban J connectivity index is 2.95. The fraction of sp³-hybridized carbons (Fsp3) is 0.222. The Labute approximate surface area is 81.2 Å². The van der Waals surface area contributed by atoms with Gasteiger partial charge in [-0.3, -0.25) is 0 Å². The van der Waals surface area contributed by atoms with E-state index >= 15 is 0 Å².